The van der Waals surface area contributed by atoms with E-state index in [4.69, 9.17) is 5.11 Å². The first-order valence-corrected chi connectivity index (χ1v) is 5.17. The number of hydrogen-bond acceptors (Lipinski definition) is 1. The Morgan fingerprint density at radius 1 is 1.35 bits per heavy atom. The highest BCUT2D eigenvalue weighted by Crippen LogP contribution is 2.62. The molecule has 1 saturated carbocycles. The number of H-pyrrole nitrogens is 1. The second-order valence-corrected chi connectivity index (χ2v) is 4.34. The fourth-order valence-corrected chi connectivity index (χ4v) is 2.39. The fraction of sp³-hybridized carbons (Fsp3) is 0.250. The number of carboxylic acids is 1. The highest BCUT2D eigenvalue weighted by molar-refractivity contribution is 5.95. The molecule has 2 aromatic rings. The molecule has 1 atom stereocenters. The Morgan fingerprint density at radius 2 is 2.06 bits per heavy atom. The Labute approximate surface area is 95.1 Å². The number of halogens is 2. The SMILES string of the molecule is O=C(O)C1(c2cccc3[nH]ccc23)CC1(F)F. The zero-order valence-corrected chi connectivity index (χ0v) is 8.71. The number of aliphatic carboxylic acids is 1. The molecule has 1 unspecified atom stereocenters. The summed E-state index contributed by atoms with van der Waals surface area (Å²) >= 11 is 0. The summed E-state index contributed by atoms with van der Waals surface area (Å²) in [5, 5.41) is 9.65. The van der Waals surface area contributed by atoms with Gasteiger partial charge in [-0.25, -0.2) is 8.78 Å². The second-order valence-electron chi connectivity index (χ2n) is 4.34. The maximum absolute atomic E-state index is 13.4. The number of nitrogens with one attached hydrogen (secondary N) is 1. The van der Waals surface area contributed by atoms with Gasteiger partial charge >= 0.3 is 5.97 Å². The predicted molar refractivity (Wildman–Crippen MR) is 57.2 cm³/mol. The lowest BCUT2D eigenvalue weighted by molar-refractivity contribution is -0.142. The fourth-order valence-electron chi connectivity index (χ4n) is 2.39. The van der Waals surface area contributed by atoms with E-state index in [9.17, 15) is 13.6 Å². The van der Waals surface area contributed by atoms with Gasteiger partial charge in [-0.05, 0) is 17.7 Å². The molecule has 0 bridgehead atoms. The van der Waals surface area contributed by atoms with Crippen molar-refractivity contribution in [2.75, 3.05) is 0 Å². The topological polar surface area (TPSA) is 53.1 Å². The lowest BCUT2D eigenvalue weighted by atomic mass is 9.92. The van der Waals surface area contributed by atoms with Crippen LogP contribution in [0.15, 0.2) is 30.5 Å². The smallest absolute Gasteiger partial charge is 0.320 e. The third kappa shape index (κ3) is 1.11. The van der Waals surface area contributed by atoms with E-state index in [-0.39, 0.29) is 5.56 Å². The molecular weight excluding hydrogens is 228 g/mol. The van der Waals surface area contributed by atoms with Crippen LogP contribution in [-0.4, -0.2) is 22.0 Å². The van der Waals surface area contributed by atoms with Gasteiger partial charge in [0, 0.05) is 23.5 Å². The van der Waals surface area contributed by atoms with E-state index >= 15 is 0 Å². The monoisotopic (exact) mass is 237 g/mol. The number of carbonyl (C=O) groups is 1. The van der Waals surface area contributed by atoms with Crippen molar-refractivity contribution in [2.45, 2.75) is 17.8 Å². The molecule has 3 nitrogen and oxygen atoms in total. The highest BCUT2D eigenvalue weighted by Gasteiger charge is 2.77. The number of benzene rings is 1. The van der Waals surface area contributed by atoms with Crippen molar-refractivity contribution in [1.29, 1.82) is 0 Å². The van der Waals surface area contributed by atoms with Crippen molar-refractivity contribution in [3.8, 4) is 0 Å². The van der Waals surface area contributed by atoms with Gasteiger partial charge in [-0.15, -0.1) is 0 Å². The van der Waals surface area contributed by atoms with E-state index < -0.39 is 23.7 Å². The zero-order valence-electron chi connectivity index (χ0n) is 8.71. The van der Waals surface area contributed by atoms with Gasteiger partial charge in [-0.3, -0.25) is 4.79 Å². The lowest BCUT2D eigenvalue weighted by Gasteiger charge is -2.12. The van der Waals surface area contributed by atoms with Gasteiger partial charge < -0.3 is 10.1 Å². The molecule has 1 aliphatic rings. The molecule has 2 N–H and O–H groups in total. The minimum atomic E-state index is -3.16. The van der Waals surface area contributed by atoms with E-state index in [1.165, 1.54) is 6.07 Å². The summed E-state index contributed by atoms with van der Waals surface area (Å²) < 4.78 is 26.9. The minimum absolute atomic E-state index is 0.189. The van der Waals surface area contributed by atoms with Crippen molar-refractivity contribution in [3.63, 3.8) is 0 Å². The summed E-state index contributed by atoms with van der Waals surface area (Å²) in [5.74, 6) is -4.62. The van der Waals surface area contributed by atoms with E-state index in [0.29, 0.717) is 10.9 Å². The molecule has 17 heavy (non-hydrogen) atoms. The maximum atomic E-state index is 13.4. The number of aromatic nitrogens is 1. The average molecular weight is 237 g/mol. The lowest BCUT2D eigenvalue weighted by Crippen LogP contribution is -2.27. The second kappa shape index (κ2) is 2.85. The molecule has 0 radical (unpaired) electrons. The first kappa shape index (κ1) is 10.3. The average Bonchev–Trinajstić information content (AvgIpc) is 2.67. The van der Waals surface area contributed by atoms with Crippen LogP contribution in [0.2, 0.25) is 0 Å². The Bertz CT molecular complexity index is 620. The number of aromatic amines is 1. The largest absolute Gasteiger partial charge is 0.480 e. The molecule has 5 heteroatoms. The molecule has 1 aromatic heterocycles. The van der Waals surface area contributed by atoms with Crippen molar-refractivity contribution >= 4 is 16.9 Å². The Balaban J connectivity index is 2.28. The van der Waals surface area contributed by atoms with E-state index in [1.807, 2.05) is 0 Å². The molecule has 1 aromatic carbocycles. The van der Waals surface area contributed by atoms with Crippen LogP contribution >= 0.6 is 0 Å². The number of carboxylic acid groups (broad SMARTS) is 1. The van der Waals surface area contributed by atoms with Gasteiger partial charge in [0.2, 0.25) is 0 Å². The third-order valence-electron chi connectivity index (χ3n) is 3.41. The summed E-state index contributed by atoms with van der Waals surface area (Å²) in [4.78, 5) is 14.1. The molecule has 0 saturated heterocycles. The van der Waals surface area contributed by atoms with Crippen LogP contribution < -0.4 is 0 Å². The number of alkyl halides is 2. The number of fused-ring (bicyclic) bond motifs is 1. The molecule has 0 spiro atoms. The first-order chi connectivity index (χ1) is 7.99. The van der Waals surface area contributed by atoms with Crippen molar-refractivity contribution in [2.24, 2.45) is 0 Å². The quantitative estimate of drug-likeness (QED) is 0.843. The van der Waals surface area contributed by atoms with Gasteiger partial charge in [0.15, 0.2) is 5.41 Å². The number of rotatable bonds is 2. The van der Waals surface area contributed by atoms with Crippen LogP contribution in [0.1, 0.15) is 12.0 Å². The molecule has 88 valence electrons. The zero-order chi connectivity index (χ0) is 12.3. The van der Waals surface area contributed by atoms with Crippen LogP contribution in [0.3, 0.4) is 0 Å². The Morgan fingerprint density at radius 3 is 2.65 bits per heavy atom. The molecular formula is C12H9F2NO2. The standard InChI is InChI=1S/C12H9F2NO2/c13-12(14)6-11(12,10(16)17)8-2-1-3-9-7(8)4-5-15-9/h1-5,15H,6H2,(H,16,17). The summed E-state index contributed by atoms with van der Waals surface area (Å²) in [6, 6.07) is 6.41. The van der Waals surface area contributed by atoms with Crippen LogP contribution in [0.25, 0.3) is 10.9 Å². The Kier molecular flexibility index (Phi) is 1.72. The molecule has 1 aliphatic carbocycles. The molecule has 0 aliphatic heterocycles. The van der Waals surface area contributed by atoms with Crippen LogP contribution in [0.4, 0.5) is 8.78 Å². The first-order valence-electron chi connectivity index (χ1n) is 5.17. The van der Waals surface area contributed by atoms with E-state index in [0.717, 1.165) is 0 Å². The Hall–Kier alpha value is -1.91. The summed E-state index contributed by atoms with van der Waals surface area (Å²) in [6.45, 7) is 0. The van der Waals surface area contributed by atoms with Gasteiger partial charge in [0.1, 0.15) is 0 Å². The van der Waals surface area contributed by atoms with E-state index in [2.05, 4.69) is 4.98 Å². The predicted octanol–water partition coefficient (Wildman–Crippen LogP) is 2.53. The van der Waals surface area contributed by atoms with Gasteiger partial charge in [-0.1, -0.05) is 12.1 Å². The van der Waals surface area contributed by atoms with Crippen LogP contribution in [0, 0.1) is 0 Å². The van der Waals surface area contributed by atoms with Crippen molar-refractivity contribution in [1.82, 2.24) is 4.98 Å². The van der Waals surface area contributed by atoms with Gasteiger partial charge in [-0.2, -0.15) is 0 Å². The van der Waals surface area contributed by atoms with Crippen molar-refractivity contribution < 1.29 is 18.7 Å². The van der Waals surface area contributed by atoms with Gasteiger partial charge in [0.05, 0.1) is 0 Å². The highest BCUT2D eigenvalue weighted by atomic mass is 19.3. The van der Waals surface area contributed by atoms with Crippen LogP contribution in [-0.2, 0) is 10.2 Å². The summed E-state index contributed by atoms with van der Waals surface area (Å²) in [7, 11) is 0. The van der Waals surface area contributed by atoms with Gasteiger partial charge in [0.25, 0.3) is 5.92 Å². The van der Waals surface area contributed by atoms with Crippen LogP contribution in [0.5, 0.6) is 0 Å². The number of hydrogen-bond donors (Lipinski definition) is 2. The summed E-state index contributed by atoms with van der Waals surface area (Å²) in [5.41, 5.74) is -1.19. The molecule has 1 fully saturated rings. The van der Waals surface area contributed by atoms with Crippen molar-refractivity contribution in [3.05, 3.63) is 36.0 Å². The minimum Gasteiger partial charge on any atom is -0.480 e. The van der Waals surface area contributed by atoms with E-state index in [1.54, 1.807) is 24.4 Å². The third-order valence-corrected chi connectivity index (χ3v) is 3.41. The molecule has 3 rings (SSSR count). The molecule has 0 amide bonds. The maximum Gasteiger partial charge on any atom is 0.320 e. The summed E-state index contributed by atoms with van der Waals surface area (Å²) in [6.07, 6.45) is 0.990. The molecule has 1 heterocycles. The normalized spacial score (nSPS) is 26.0.